The monoisotopic (exact) mass is 400 g/mol. The standard InChI is InChI=1S/C20H23F3O5/c1-17-5-4-12(24)15(22)14(17)11(21)7-10-9-3-6-19(28,16(26)27)18(9,2)8-13(25)20(10,17)23/h4-5,9-11,13,25,28H,3,6-8H2,1-2H3,(H,26,27)/t9-,10-,11-,13-,17-,18-,19-,20-/m0/s1. The van der Waals surface area contributed by atoms with Crippen LogP contribution in [-0.2, 0) is 9.59 Å². The van der Waals surface area contributed by atoms with Gasteiger partial charge in [0.25, 0.3) is 0 Å². The number of carboxylic acid groups (broad SMARTS) is 1. The zero-order valence-electron chi connectivity index (χ0n) is 15.6. The Balaban J connectivity index is 1.89. The molecular formula is C20H23F3O5. The summed E-state index contributed by atoms with van der Waals surface area (Å²) in [7, 11) is 0. The number of ketones is 1. The molecule has 0 radical (unpaired) electrons. The van der Waals surface area contributed by atoms with E-state index in [1.54, 1.807) is 0 Å². The van der Waals surface area contributed by atoms with Crippen molar-refractivity contribution in [3.63, 3.8) is 0 Å². The molecule has 8 heteroatoms. The van der Waals surface area contributed by atoms with Crippen LogP contribution in [0.15, 0.2) is 23.6 Å². The number of halogens is 3. The molecule has 0 aromatic carbocycles. The molecule has 0 heterocycles. The van der Waals surface area contributed by atoms with Gasteiger partial charge in [0.1, 0.15) is 6.17 Å². The lowest BCUT2D eigenvalue weighted by Gasteiger charge is -2.62. The van der Waals surface area contributed by atoms with Crippen molar-refractivity contribution in [2.45, 2.75) is 63.1 Å². The van der Waals surface area contributed by atoms with Crippen LogP contribution < -0.4 is 0 Å². The topological polar surface area (TPSA) is 94.8 Å². The van der Waals surface area contributed by atoms with Gasteiger partial charge in [-0.05, 0) is 44.6 Å². The van der Waals surface area contributed by atoms with E-state index >= 15 is 8.78 Å². The molecule has 0 saturated heterocycles. The summed E-state index contributed by atoms with van der Waals surface area (Å²) in [5.74, 6) is -5.67. The van der Waals surface area contributed by atoms with Gasteiger partial charge in [-0.3, -0.25) is 4.79 Å². The van der Waals surface area contributed by atoms with Crippen LogP contribution in [0.3, 0.4) is 0 Å². The van der Waals surface area contributed by atoms with Crippen molar-refractivity contribution < 1.29 is 38.1 Å². The molecule has 0 amide bonds. The van der Waals surface area contributed by atoms with Crippen LogP contribution >= 0.6 is 0 Å². The highest BCUT2D eigenvalue weighted by Gasteiger charge is 2.76. The fraction of sp³-hybridized carbons (Fsp3) is 0.700. The lowest BCUT2D eigenvalue weighted by Crippen LogP contribution is -2.70. The van der Waals surface area contributed by atoms with Crippen LogP contribution in [0.5, 0.6) is 0 Å². The number of allylic oxidation sites excluding steroid dienone is 4. The summed E-state index contributed by atoms with van der Waals surface area (Å²) in [5.41, 5.74) is -8.48. The first-order valence-corrected chi connectivity index (χ1v) is 9.45. The molecule has 4 aliphatic rings. The number of alkyl halides is 2. The first kappa shape index (κ1) is 19.6. The Bertz CT molecular complexity index is 840. The van der Waals surface area contributed by atoms with E-state index in [1.807, 2.05) is 0 Å². The van der Waals surface area contributed by atoms with Gasteiger partial charge in [0.15, 0.2) is 17.1 Å². The Morgan fingerprint density at radius 2 is 1.93 bits per heavy atom. The zero-order valence-corrected chi connectivity index (χ0v) is 15.6. The maximum atomic E-state index is 16.7. The Kier molecular flexibility index (Phi) is 3.84. The van der Waals surface area contributed by atoms with E-state index in [0.717, 1.165) is 12.2 Å². The van der Waals surface area contributed by atoms with Crippen molar-refractivity contribution in [3.8, 4) is 0 Å². The molecule has 3 N–H and O–H groups in total. The maximum absolute atomic E-state index is 16.7. The second-order valence-corrected chi connectivity index (χ2v) is 9.15. The van der Waals surface area contributed by atoms with E-state index in [0.29, 0.717) is 0 Å². The molecule has 3 fully saturated rings. The predicted molar refractivity (Wildman–Crippen MR) is 91.3 cm³/mol. The number of carbonyl (C=O) groups excluding carboxylic acids is 1. The second-order valence-electron chi connectivity index (χ2n) is 9.15. The van der Waals surface area contributed by atoms with Gasteiger partial charge >= 0.3 is 5.97 Å². The molecule has 8 atom stereocenters. The largest absolute Gasteiger partial charge is 0.479 e. The van der Waals surface area contributed by atoms with E-state index in [-0.39, 0.29) is 19.3 Å². The van der Waals surface area contributed by atoms with Gasteiger partial charge in [0.05, 0.1) is 6.10 Å². The highest BCUT2D eigenvalue weighted by Crippen LogP contribution is 2.70. The number of carboxylic acids is 1. The number of aliphatic hydroxyl groups excluding tert-OH is 1. The molecule has 5 nitrogen and oxygen atoms in total. The van der Waals surface area contributed by atoms with Crippen molar-refractivity contribution in [2.75, 3.05) is 0 Å². The van der Waals surface area contributed by atoms with Crippen molar-refractivity contribution >= 4 is 11.8 Å². The van der Waals surface area contributed by atoms with Gasteiger partial charge < -0.3 is 15.3 Å². The van der Waals surface area contributed by atoms with Crippen LogP contribution in [0.25, 0.3) is 0 Å². The Labute approximate surface area is 159 Å². The number of aliphatic hydroxyl groups is 2. The smallest absolute Gasteiger partial charge is 0.336 e. The minimum Gasteiger partial charge on any atom is -0.479 e. The normalized spacial score (nSPS) is 52.9. The number of hydrogen-bond acceptors (Lipinski definition) is 4. The number of fused-ring (bicyclic) bond motifs is 5. The van der Waals surface area contributed by atoms with E-state index in [2.05, 4.69) is 0 Å². The zero-order chi connectivity index (χ0) is 20.9. The third kappa shape index (κ3) is 1.91. The molecule has 0 aromatic heterocycles. The SMILES string of the molecule is C[C@]12C=CC(=O)C(F)=C1[C@@H](F)C[C@H]1[C@@H]3CC[C@](O)(C(=O)O)[C@@]3(C)C[C@H](O)[C@@]12F. The number of hydrogen-bond donors (Lipinski definition) is 3. The van der Waals surface area contributed by atoms with Gasteiger partial charge in [-0.15, -0.1) is 0 Å². The van der Waals surface area contributed by atoms with Gasteiger partial charge in [-0.25, -0.2) is 18.0 Å². The fourth-order valence-corrected chi connectivity index (χ4v) is 6.65. The summed E-state index contributed by atoms with van der Waals surface area (Å²) < 4.78 is 46.2. The van der Waals surface area contributed by atoms with Crippen molar-refractivity contribution in [3.05, 3.63) is 23.6 Å². The average Bonchev–Trinajstić information content (AvgIpc) is 2.87. The minimum atomic E-state index is -2.49. The number of aliphatic carboxylic acids is 1. The Hall–Kier alpha value is -1.67. The van der Waals surface area contributed by atoms with E-state index in [4.69, 9.17) is 0 Å². The summed E-state index contributed by atoms with van der Waals surface area (Å²) in [6.45, 7) is 2.76. The summed E-state index contributed by atoms with van der Waals surface area (Å²) in [4.78, 5) is 23.5. The van der Waals surface area contributed by atoms with E-state index < -0.39 is 75.8 Å². The summed E-state index contributed by atoms with van der Waals surface area (Å²) in [5, 5.41) is 31.2. The highest BCUT2D eigenvalue weighted by molar-refractivity contribution is 6.04. The third-order valence-corrected chi connectivity index (χ3v) is 8.21. The molecule has 0 unspecified atom stereocenters. The van der Waals surface area contributed by atoms with Crippen LogP contribution in [0.2, 0.25) is 0 Å². The molecule has 0 bridgehead atoms. The molecule has 3 saturated carbocycles. The first-order valence-electron chi connectivity index (χ1n) is 9.45. The summed E-state index contributed by atoms with van der Waals surface area (Å²) in [6.07, 6.45) is -2.56. The quantitative estimate of drug-likeness (QED) is 0.628. The maximum Gasteiger partial charge on any atom is 0.336 e. The third-order valence-electron chi connectivity index (χ3n) is 8.21. The van der Waals surface area contributed by atoms with Crippen molar-refractivity contribution in [2.24, 2.45) is 22.7 Å². The van der Waals surface area contributed by atoms with Crippen LogP contribution in [0.4, 0.5) is 13.2 Å². The van der Waals surface area contributed by atoms with Crippen molar-refractivity contribution in [1.29, 1.82) is 0 Å². The van der Waals surface area contributed by atoms with Crippen LogP contribution in [-0.4, -0.2) is 50.6 Å². The van der Waals surface area contributed by atoms with Gasteiger partial charge in [0, 0.05) is 22.3 Å². The van der Waals surface area contributed by atoms with Crippen LogP contribution in [0.1, 0.15) is 39.5 Å². The average molecular weight is 400 g/mol. The Morgan fingerprint density at radius 3 is 2.54 bits per heavy atom. The predicted octanol–water partition coefficient (Wildman–Crippen LogP) is 2.42. The highest BCUT2D eigenvalue weighted by atomic mass is 19.2. The molecule has 154 valence electrons. The molecule has 0 aromatic rings. The molecule has 28 heavy (non-hydrogen) atoms. The molecule has 4 rings (SSSR count). The molecular weight excluding hydrogens is 377 g/mol. The van der Waals surface area contributed by atoms with E-state index in [1.165, 1.54) is 13.8 Å². The van der Waals surface area contributed by atoms with Crippen molar-refractivity contribution in [1.82, 2.24) is 0 Å². The lowest BCUT2D eigenvalue weighted by molar-refractivity contribution is -0.227. The van der Waals surface area contributed by atoms with Gasteiger partial charge in [-0.2, -0.15) is 0 Å². The first-order chi connectivity index (χ1) is 12.8. The van der Waals surface area contributed by atoms with Gasteiger partial charge in [0.2, 0.25) is 5.78 Å². The van der Waals surface area contributed by atoms with E-state index in [9.17, 15) is 29.3 Å². The van der Waals surface area contributed by atoms with Crippen LogP contribution in [0, 0.1) is 22.7 Å². The molecule has 0 aliphatic heterocycles. The molecule has 0 spiro atoms. The Morgan fingerprint density at radius 1 is 1.29 bits per heavy atom. The second kappa shape index (κ2) is 5.48. The minimum absolute atomic E-state index is 0.137. The lowest BCUT2D eigenvalue weighted by atomic mass is 9.44. The summed E-state index contributed by atoms with van der Waals surface area (Å²) in [6, 6.07) is 0. The molecule has 4 aliphatic carbocycles. The number of rotatable bonds is 1. The van der Waals surface area contributed by atoms with Gasteiger partial charge in [-0.1, -0.05) is 13.0 Å². The summed E-state index contributed by atoms with van der Waals surface area (Å²) >= 11 is 0. The number of carbonyl (C=O) groups is 2. The fourth-order valence-electron chi connectivity index (χ4n) is 6.65.